The Morgan fingerprint density at radius 3 is 1.54 bits per heavy atom. The molecule has 0 fully saturated rings. The van der Waals surface area contributed by atoms with Crippen molar-refractivity contribution in [2.24, 2.45) is 0 Å². The maximum atomic E-state index is 3.79. The molecule has 0 aromatic heterocycles. The fourth-order valence-electron chi connectivity index (χ4n) is 0.470. The van der Waals surface area contributed by atoms with Crippen LogP contribution < -0.4 is 0 Å². The van der Waals surface area contributed by atoms with Crippen LogP contribution in [0.3, 0.4) is 0 Å². The van der Waals surface area contributed by atoms with E-state index in [9.17, 15) is 0 Å². The van der Waals surface area contributed by atoms with Gasteiger partial charge in [-0.25, -0.2) is 37.1 Å². The first kappa shape index (κ1) is 20.2. The van der Waals surface area contributed by atoms with E-state index in [4.69, 9.17) is 0 Å². The van der Waals surface area contributed by atoms with Crippen molar-refractivity contribution in [1.82, 2.24) is 0 Å². The minimum Gasteiger partial charge on any atom is -0.242 e. The molecule has 0 rings (SSSR count). The predicted molar refractivity (Wildman–Crippen MR) is 55.6 cm³/mol. The molecular weight excluding hydrogens is 330 g/mol. The molecule has 0 saturated carbocycles. The molecule has 0 saturated heterocycles. The summed E-state index contributed by atoms with van der Waals surface area (Å²) < 4.78 is 0. The van der Waals surface area contributed by atoms with E-state index in [0.717, 1.165) is 22.7 Å². The maximum Gasteiger partial charge on any atom is 0 e. The van der Waals surface area contributed by atoms with Crippen LogP contribution in [-0.2, 0) is 65.4 Å². The van der Waals surface area contributed by atoms with Crippen molar-refractivity contribution < 1.29 is 65.4 Å². The summed E-state index contributed by atoms with van der Waals surface area (Å²) in [5.74, 6) is 2.11. The molecule has 0 N–H and O–H groups in total. The SMILES string of the molecule is [CH2-]/C(C)=C/CSC/C=C(/[CH2-])C.[Y].[Y]. The number of allylic oxidation sites excluding steroid dienone is 2. The van der Waals surface area contributed by atoms with Crippen LogP contribution in [0.4, 0.5) is 0 Å². The van der Waals surface area contributed by atoms with Crippen molar-refractivity contribution in [3.63, 3.8) is 0 Å². The monoisotopic (exact) mass is 346 g/mol. The van der Waals surface area contributed by atoms with E-state index in [-0.39, 0.29) is 65.4 Å². The van der Waals surface area contributed by atoms with Gasteiger partial charge in [0, 0.05) is 65.4 Å². The molecule has 0 aliphatic rings. The Balaban J connectivity index is -0.000000500. The summed E-state index contributed by atoms with van der Waals surface area (Å²) in [5.41, 5.74) is 2.29. The van der Waals surface area contributed by atoms with Crippen LogP contribution in [0.2, 0.25) is 0 Å². The van der Waals surface area contributed by atoms with Gasteiger partial charge in [0.1, 0.15) is 0 Å². The number of rotatable bonds is 4. The van der Waals surface area contributed by atoms with Crippen LogP contribution in [0.25, 0.3) is 0 Å². The van der Waals surface area contributed by atoms with Crippen molar-refractivity contribution >= 4 is 11.8 Å². The summed E-state index contributed by atoms with van der Waals surface area (Å²) in [5, 5.41) is 0. The van der Waals surface area contributed by atoms with Crippen molar-refractivity contribution in [2.45, 2.75) is 13.8 Å². The molecule has 13 heavy (non-hydrogen) atoms. The first-order chi connectivity index (χ1) is 5.13. The Labute approximate surface area is 138 Å². The molecule has 3 heteroatoms. The van der Waals surface area contributed by atoms with Crippen LogP contribution in [0.5, 0.6) is 0 Å². The van der Waals surface area contributed by atoms with Gasteiger partial charge in [-0.05, 0) is 0 Å². The summed E-state index contributed by atoms with van der Waals surface area (Å²) in [4.78, 5) is 0. The standard InChI is InChI=1S/C10H16S.2Y/c1-9(2)5-7-11-8-6-10(3)4;;/h5-6H,1,3,7-8H2,2,4H3;;/q-2;;/b9-5-,10-6-;;. The zero-order valence-electron chi connectivity index (χ0n) is 8.55. The van der Waals surface area contributed by atoms with Gasteiger partial charge >= 0.3 is 0 Å². The van der Waals surface area contributed by atoms with Crippen LogP contribution in [0, 0.1) is 13.8 Å². The Morgan fingerprint density at radius 1 is 1.00 bits per heavy atom. The maximum absolute atomic E-state index is 3.79. The van der Waals surface area contributed by atoms with Gasteiger partial charge in [-0.1, -0.05) is 25.4 Å². The van der Waals surface area contributed by atoms with E-state index in [0.29, 0.717) is 0 Å². The summed E-state index contributed by atoms with van der Waals surface area (Å²) in [7, 11) is 0. The molecule has 0 unspecified atom stereocenters. The summed E-state index contributed by atoms with van der Waals surface area (Å²) in [6, 6.07) is 0. The zero-order chi connectivity index (χ0) is 8.69. The van der Waals surface area contributed by atoms with Crippen molar-refractivity contribution in [1.29, 1.82) is 0 Å². The van der Waals surface area contributed by atoms with E-state index in [1.54, 1.807) is 0 Å². The zero-order valence-corrected chi connectivity index (χ0v) is 15.0. The molecule has 0 aromatic carbocycles. The van der Waals surface area contributed by atoms with Crippen LogP contribution in [-0.4, -0.2) is 11.5 Å². The van der Waals surface area contributed by atoms with Crippen molar-refractivity contribution in [3.05, 3.63) is 37.1 Å². The number of hydrogen-bond donors (Lipinski definition) is 0. The van der Waals surface area contributed by atoms with Gasteiger partial charge in [0.25, 0.3) is 0 Å². The average Bonchev–Trinajstić information content (AvgIpc) is 1.85. The first-order valence-electron chi connectivity index (χ1n) is 3.68. The van der Waals surface area contributed by atoms with Gasteiger partial charge in [-0.15, -0.1) is 0 Å². The second-order valence-corrected chi connectivity index (χ2v) is 3.71. The molecule has 0 aromatic rings. The van der Waals surface area contributed by atoms with E-state index < -0.39 is 0 Å². The molecule has 0 bridgehead atoms. The second kappa shape index (κ2) is 13.8. The van der Waals surface area contributed by atoms with Crippen LogP contribution in [0.15, 0.2) is 23.3 Å². The minimum atomic E-state index is 0. The molecule has 2 radical (unpaired) electrons. The summed E-state index contributed by atoms with van der Waals surface area (Å²) in [6.07, 6.45) is 4.27. The molecule has 0 atom stereocenters. The average molecular weight is 346 g/mol. The largest absolute Gasteiger partial charge is 0.242 e. The quantitative estimate of drug-likeness (QED) is 0.556. The molecule has 0 amide bonds. The van der Waals surface area contributed by atoms with Gasteiger partial charge in [0.05, 0.1) is 0 Å². The molecule has 0 aliphatic heterocycles. The summed E-state index contributed by atoms with van der Waals surface area (Å²) in [6.45, 7) is 11.6. The third-order valence-electron chi connectivity index (χ3n) is 1.10. The van der Waals surface area contributed by atoms with E-state index in [2.05, 4.69) is 26.0 Å². The molecule has 70 valence electrons. The topological polar surface area (TPSA) is 0 Å². The van der Waals surface area contributed by atoms with E-state index >= 15 is 0 Å². The Bertz CT molecular complexity index is 136. The Morgan fingerprint density at radius 2 is 1.31 bits per heavy atom. The minimum absolute atomic E-state index is 0. The van der Waals surface area contributed by atoms with Gasteiger partial charge in [-0.3, -0.25) is 0 Å². The fourth-order valence-corrected chi connectivity index (χ4v) is 1.41. The third-order valence-corrected chi connectivity index (χ3v) is 1.90. The van der Waals surface area contributed by atoms with Crippen LogP contribution >= 0.6 is 11.8 Å². The molecule has 0 heterocycles. The molecular formula is C10H16SY2-2. The Kier molecular flexibility index (Phi) is 21.4. The van der Waals surface area contributed by atoms with E-state index in [1.807, 2.05) is 25.6 Å². The smallest absolute Gasteiger partial charge is 0 e. The summed E-state index contributed by atoms with van der Waals surface area (Å²) >= 11 is 1.88. The van der Waals surface area contributed by atoms with Gasteiger partial charge < -0.3 is 0 Å². The molecule has 0 aliphatic carbocycles. The second-order valence-electron chi connectivity index (χ2n) is 2.64. The fraction of sp³-hybridized carbons (Fsp3) is 0.400. The number of hydrogen-bond acceptors (Lipinski definition) is 1. The van der Waals surface area contributed by atoms with Gasteiger partial charge in [-0.2, -0.15) is 11.8 Å². The van der Waals surface area contributed by atoms with Gasteiger partial charge in [0.15, 0.2) is 0 Å². The van der Waals surface area contributed by atoms with E-state index in [1.165, 1.54) is 0 Å². The van der Waals surface area contributed by atoms with Crippen molar-refractivity contribution in [2.75, 3.05) is 11.5 Å². The molecule has 0 spiro atoms. The predicted octanol–water partition coefficient (Wildman–Crippen LogP) is 3.28. The van der Waals surface area contributed by atoms with Gasteiger partial charge in [0.2, 0.25) is 0 Å². The van der Waals surface area contributed by atoms with Crippen molar-refractivity contribution in [3.8, 4) is 0 Å². The molecule has 0 nitrogen and oxygen atoms in total. The number of thioether (sulfide) groups is 1. The first-order valence-corrected chi connectivity index (χ1v) is 4.83. The third kappa shape index (κ3) is 20.0. The van der Waals surface area contributed by atoms with Crippen LogP contribution in [0.1, 0.15) is 13.8 Å². The Hall–Kier alpha value is 1.78. The normalized spacial score (nSPS) is 11.5.